The molecule has 0 aliphatic carbocycles. The molecule has 1 saturated heterocycles. The van der Waals surface area contributed by atoms with Gasteiger partial charge in [-0.2, -0.15) is 0 Å². The number of methoxy groups -OCH3 is 1. The highest BCUT2D eigenvalue weighted by molar-refractivity contribution is 6.09. The lowest BCUT2D eigenvalue weighted by atomic mass is 9.92. The Morgan fingerprint density at radius 2 is 1.79 bits per heavy atom. The zero-order chi connectivity index (χ0) is 20.1. The minimum Gasteiger partial charge on any atom is -0.497 e. The number of nitrogens with one attached hydrogen (secondary N) is 2. The number of nitrogens with zero attached hydrogens (tertiary/aromatic N) is 1. The van der Waals surface area contributed by atoms with E-state index in [1.165, 1.54) is 0 Å². The molecule has 1 heterocycles. The van der Waals surface area contributed by atoms with Gasteiger partial charge >= 0.3 is 6.03 Å². The zero-order valence-corrected chi connectivity index (χ0v) is 15.9. The molecule has 3 rings (SSSR count). The Kier molecular flexibility index (Phi) is 5.63. The molecular weight excluding hydrogens is 358 g/mol. The Labute approximate surface area is 163 Å². The van der Waals surface area contributed by atoms with Crippen LogP contribution in [-0.4, -0.2) is 42.9 Å². The van der Waals surface area contributed by atoms with Crippen molar-refractivity contribution in [2.24, 2.45) is 0 Å². The second-order valence-electron chi connectivity index (χ2n) is 6.76. The number of ether oxygens (including phenoxy) is 1. The first-order valence-electron chi connectivity index (χ1n) is 9.03. The van der Waals surface area contributed by atoms with Gasteiger partial charge in [-0.1, -0.05) is 42.5 Å². The number of amides is 4. The van der Waals surface area contributed by atoms with Crippen LogP contribution in [0, 0.1) is 0 Å². The Hall–Kier alpha value is -3.35. The lowest BCUT2D eigenvalue weighted by molar-refractivity contribution is -0.134. The van der Waals surface area contributed by atoms with Gasteiger partial charge in [-0.3, -0.25) is 14.5 Å². The van der Waals surface area contributed by atoms with Gasteiger partial charge < -0.3 is 15.4 Å². The molecule has 1 fully saturated rings. The van der Waals surface area contributed by atoms with E-state index in [0.717, 1.165) is 10.5 Å². The van der Waals surface area contributed by atoms with Crippen molar-refractivity contribution >= 4 is 17.8 Å². The molecule has 2 aromatic carbocycles. The van der Waals surface area contributed by atoms with E-state index >= 15 is 0 Å². The van der Waals surface area contributed by atoms with Crippen LogP contribution in [0.4, 0.5) is 4.79 Å². The first-order valence-corrected chi connectivity index (χ1v) is 9.03. The first kappa shape index (κ1) is 19.4. The predicted octanol–water partition coefficient (Wildman–Crippen LogP) is 1.82. The normalized spacial score (nSPS) is 18.7. The Morgan fingerprint density at radius 3 is 2.43 bits per heavy atom. The topological polar surface area (TPSA) is 87.7 Å². The van der Waals surface area contributed by atoms with Gasteiger partial charge in [-0.25, -0.2) is 4.79 Å². The second-order valence-corrected chi connectivity index (χ2v) is 6.76. The molecule has 1 atom stereocenters. The maximum Gasteiger partial charge on any atom is 0.325 e. The van der Waals surface area contributed by atoms with E-state index < -0.39 is 17.5 Å². The van der Waals surface area contributed by atoms with E-state index in [2.05, 4.69) is 10.6 Å². The fraction of sp³-hybridized carbons (Fsp3) is 0.286. The van der Waals surface area contributed by atoms with Crippen molar-refractivity contribution in [3.8, 4) is 5.75 Å². The maximum absolute atomic E-state index is 12.9. The number of imide groups is 1. The summed E-state index contributed by atoms with van der Waals surface area (Å²) < 4.78 is 5.12. The fourth-order valence-corrected chi connectivity index (χ4v) is 3.15. The monoisotopic (exact) mass is 381 g/mol. The summed E-state index contributed by atoms with van der Waals surface area (Å²) in [6.07, 6.45) is 0.677. The number of carbonyl (C=O) groups is 3. The molecule has 0 bridgehead atoms. The standard InChI is InChI=1S/C21H23N3O4/c1-21(16-8-10-17(28-2)11-9-16)19(26)24(20(27)23-21)14-18(25)22-13-12-15-6-4-3-5-7-15/h3-11H,12-14H2,1-2H3,(H,22,25)(H,23,27)/t21-/m1/s1. The van der Waals surface area contributed by atoms with Gasteiger partial charge in [0.2, 0.25) is 5.91 Å². The lowest BCUT2D eigenvalue weighted by Gasteiger charge is -2.22. The van der Waals surface area contributed by atoms with E-state index in [9.17, 15) is 14.4 Å². The number of carbonyl (C=O) groups excluding carboxylic acids is 3. The molecule has 0 unspecified atom stereocenters. The Morgan fingerprint density at radius 1 is 1.11 bits per heavy atom. The van der Waals surface area contributed by atoms with Crippen LogP contribution in [0.25, 0.3) is 0 Å². The summed E-state index contributed by atoms with van der Waals surface area (Å²) in [6.45, 7) is 1.75. The molecule has 0 saturated carbocycles. The van der Waals surface area contributed by atoms with Gasteiger partial charge in [0, 0.05) is 6.54 Å². The van der Waals surface area contributed by atoms with E-state index in [1.807, 2.05) is 30.3 Å². The number of benzene rings is 2. The molecule has 0 radical (unpaired) electrons. The number of urea groups is 1. The molecule has 1 aliphatic heterocycles. The van der Waals surface area contributed by atoms with Crippen LogP contribution in [-0.2, 0) is 21.5 Å². The van der Waals surface area contributed by atoms with E-state index in [1.54, 1.807) is 38.3 Å². The third kappa shape index (κ3) is 3.98. The fourth-order valence-electron chi connectivity index (χ4n) is 3.15. The van der Waals surface area contributed by atoms with Gasteiger partial charge in [0.1, 0.15) is 17.8 Å². The van der Waals surface area contributed by atoms with Gasteiger partial charge in [-0.15, -0.1) is 0 Å². The molecule has 2 N–H and O–H groups in total. The summed E-state index contributed by atoms with van der Waals surface area (Å²) >= 11 is 0. The van der Waals surface area contributed by atoms with Crippen molar-refractivity contribution < 1.29 is 19.1 Å². The van der Waals surface area contributed by atoms with Crippen LogP contribution >= 0.6 is 0 Å². The van der Waals surface area contributed by atoms with Gasteiger partial charge in [0.05, 0.1) is 7.11 Å². The Bertz CT molecular complexity index is 867. The predicted molar refractivity (Wildman–Crippen MR) is 104 cm³/mol. The third-order valence-corrected chi connectivity index (χ3v) is 4.82. The molecule has 4 amide bonds. The minimum atomic E-state index is -1.21. The van der Waals surface area contributed by atoms with Gasteiger partial charge in [-0.05, 0) is 36.6 Å². The number of rotatable bonds is 7. The quantitative estimate of drug-likeness (QED) is 0.716. The smallest absolute Gasteiger partial charge is 0.325 e. The van der Waals surface area contributed by atoms with Crippen LogP contribution in [0.3, 0.4) is 0 Å². The van der Waals surface area contributed by atoms with Gasteiger partial charge in [0.25, 0.3) is 5.91 Å². The van der Waals surface area contributed by atoms with Crippen molar-refractivity contribution in [3.63, 3.8) is 0 Å². The minimum absolute atomic E-state index is 0.314. The SMILES string of the molecule is COc1ccc([C@@]2(C)NC(=O)N(CC(=O)NCCc3ccccc3)C2=O)cc1. The Balaban J connectivity index is 1.60. The molecular formula is C21H23N3O4. The maximum atomic E-state index is 12.9. The number of hydrogen-bond donors (Lipinski definition) is 2. The summed E-state index contributed by atoms with van der Waals surface area (Å²) in [5, 5.41) is 5.44. The highest BCUT2D eigenvalue weighted by atomic mass is 16.5. The van der Waals surface area contributed by atoms with Gasteiger partial charge in [0.15, 0.2) is 0 Å². The average Bonchev–Trinajstić information content (AvgIpc) is 2.93. The van der Waals surface area contributed by atoms with Crippen molar-refractivity contribution in [2.45, 2.75) is 18.9 Å². The van der Waals surface area contributed by atoms with Crippen LogP contribution in [0.2, 0.25) is 0 Å². The summed E-state index contributed by atoms with van der Waals surface area (Å²) in [6, 6.07) is 16.1. The van der Waals surface area contributed by atoms with Crippen molar-refractivity contribution in [2.75, 3.05) is 20.2 Å². The van der Waals surface area contributed by atoms with Crippen molar-refractivity contribution in [1.82, 2.24) is 15.5 Å². The second kappa shape index (κ2) is 8.12. The largest absolute Gasteiger partial charge is 0.497 e. The molecule has 2 aromatic rings. The average molecular weight is 381 g/mol. The molecule has 7 heteroatoms. The summed E-state index contributed by atoms with van der Waals surface area (Å²) in [4.78, 5) is 38.3. The van der Waals surface area contributed by atoms with Crippen LogP contribution in [0.1, 0.15) is 18.1 Å². The first-order chi connectivity index (χ1) is 13.4. The lowest BCUT2D eigenvalue weighted by Crippen LogP contribution is -2.43. The molecule has 0 spiro atoms. The van der Waals surface area contributed by atoms with Crippen molar-refractivity contribution in [3.05, 3.63) is 65.7 Å². The van der Waals surface area contributed by atoms with Crippen LogP contribution < -0.4 is 15.4 Å². The molecule has 1 aliphatic rings. The van der Waals surface area contributed by atoms with E-state index in [0.29, 0.717) is 24.3 Å². The highest BCUT2D eigenvalue weighted by Crippen LogP contribution is 2.29. The molecule has 28 heavy (non-hydrogen) atoms. The van der Waals surface area contributed by atoms with E-state index in [4.69, 9.17) is 4.74 Å². The van der Waals surface area contributed by atoms with Crippen LogP contribution in [0.5, 0.6) is 5.75 Å². The zero-order valence-electron chi connectivity index (χ0n) is 15.9. The summed E-state index contributed by atoms with van der Waals surface area (Å²) in [7, 11) is 1.55. The molecule has 0 aromatic heterocycles. The van der Waals surface area contributed by atoms with Crippen molar-refractivity contribution in [1.29, 1.82) is 0 Å². The molecule has 146 valence electrons. The third-order valence-electron chi connectivity index (χ3n) is 4.82. The summed E-state index contributed by atoms with van der Waals surface area (Å²) in [5.74, 6) is -0.182. The number of hydrogen-bond acceptors (Lipinski definition) is 4. The molecule has 7 nitrogen and oxygen atoms in total. The highest BCUT2D eigenvalue weighted by Gasteiger charge is 2.49. The van der Waals surface area contributed by atoms with Crippen LogP contribution in [0.15, 0.2) is 54.6 Å². The summed E-state index contributed by atoms with van der Waals surface area (Å²) in [5.41, 5.74) is 0.511. The van der Waals surface area contributed by atoms with E-state index in [-0.39, 0.29) is 12.5 Å².